The lowest BCUT2D eigenvalue weighted by atomic mass is 9.96. The molecule has 1 aliphatic heterocycles. The standard InChI is InChI=1S/C26H33N5S/c1-17(2)16-30-25(24(28-26(30)32)23-9-7-8-14-27-23)22-15-18(3)31(19(22)4)21-12-10-20(11-13-21)29(5)6/h7-15,17,24-25H,16H2,1-6H3,(H,28,32)/t24-,25-/m1/s1. The molecule has 0 radical (unpaired) electrons. The molecule has 1 aliphatic rings. The molecule has 0 aliphatic carbocycles. The molecule has 168 valence electrons. The van der Waals surface area contributed by atoms with Crippen LogP contribution in [0.25, 0.3) is 5.69 Å². The van der Waals surface area contributed by atoms with E-state index in [2.05, 4.69) is 103 Å². The average molecular weight is 448 g/mol. The van der Waals surface area contributed by atoms with E-state index in [1.165, 1.54) is 28.3 Å². The van der Waals surface area contributed by atoms with Gasteiger partial charge in [0, 0.05) is 49.6 Å². The molecule has 0 unspecified atom stereocenters. The summed E-state index contributed by atoms with van der Waals surface area (Å²) in [5.74, 6) is 0.502. The third-order valence-corrected chi connectivity index (χ3v) is 6.53. The van der Waals surface area contributed by atoms with Crippen molar-refractivity contribution >= 4 is 23.0 Å². The summed E-state index contributed by atoms with van der Waals surface area (Å²) in [7, 11) is 4.13. The lowest BCUT2D eigenvalue weighted by Crippen LogP contribution is -2.33. The first-order valence-electron chi connectivity index (χ1n) is 11.2. The third-order valence-electron chi connectivity index (χ3n) is 6.17. The van der Waals surface area contributed by atoms with Crippen LogP contribution in [0.1, 0.15) is 48.6 Å². The number of rotatable bonds is 6. The van der Waals surface area contributed by atoms with Crippen LogP contribution in [0, 0.1) is 19.8 Å². The van der Waals surface area contributed by atoms with Crippen molar-refractivity contribution in [1.82, 2.24) is 19.8 Å². The summed E-state index contributed by atoms with van der Waals surface area (Å²) >= 11 is 5.80. The molecule has 2 atom stereocenters. The van der Waals surface area contributed by atoms with Crippen molar-refractivity contribution < 1.29 is 0 Å². The Morgan fingerprint density at radius 3 is 2.41 bits per heavy atom. The van der Waals surface area contributed by atoms with Gasteiger partial charge in [0.15, 0.2) is 5.11 Å². The van der Waals surface area contributed by atoms with Crippen molar-refractivity contribution in [2.75, 3.05) is 25.5 Å². The molecule has 0 bridgehead atoms. The van der Waals surface area contributed by atoms with Gasteiger partial charge in [-0.3, -0.25) is 4.98 Å². The topological polar surface area (TPSA) is 36.3 Å². The van der Waals surface area contributed by atoms with Gasteiger partial charge in [0.2, 0.25) is 0 Å². The van der Waals surface area contributed by atoms with Crippen molar-refractivity contribution in [3.05, 3.63) is 77.4 Å². The molecule has 0 saturated carbocycles. The molecular formula is C26H33N5S. The van der Waals surface area contributed by atoms with Crippen LogP contribution in [0.4, 0.5) is 5.69 Å². The van der Waals surface area contributed by atoms with E-state index in [9.17, 15) is 0 Å². The molecule has 32 heavy (non-hydrogen) atoms. The fourth-order valence-corrected chi connectivity index (χ4v) is 5.03. The van der Waals surface area contributed by atoms with Gasteiger partial charge in [-0.25, -0.2) is 0 Å². The maximum absolute atomic E-state index is 5.80. The maximum atomic E-state index is 5.80. The van der Waals surface area contributed by atoms with Crippen LogP contribution in [0.2, 0.25) is 0 Å². The fraction of sp³-hybridized carbons (Fsp3) is 0.385. The molecule has 2 aromatic heterocycles. The summed E-state index contributed by atoms with van der Waals surface area (Å²) in [5.41, 5.74) is 7.15. The fourth-order valence-electron chi connectivity index (χ4n) is 4.72. The zero-order chi connectivity index (χ0) is 23.0. The number of anilines is 1. The molecule has 3 aromatic rings. The molecule has 1 aromatic carbocycles. The lowest BCUT2D eigenvalue weighted by molar-refractivity contribution is 0.287. The molecule has 6 heteroatoms. The number of hydrogen-bond donors (Lipinski definition) is 1. The van der Waals surface area contributed by atoms with E-state index in [1.807, 2.05) is 18.3 Å². The van der Waals surface area contributed by atoms with E-state index in [-0.39, 0.29) is 12.1 Å². The normalized spacial score (nSPS) is 18.3. The van der Waals surface area contributed by atoms with Crippen molar-refractivity contribution in [2.45, 2.75) is 39.8 Å². The number of nitrogens with one attached hydrogen (secondary N) is 1. The lowest BCUT2D eigenvalue weighted by Gasteiger charge is -2.29. The largest absolute Gasteiger partial charge is 0.378 e. The summed E-state index contributed by atoms with van der Waals surface area (Å²) in [6, 6.07) is 17.3. The molecule has 4 rings (SSSR count). The highest BCUT2D eigenvalue weighted by Gasteiger charge is 2.41. The first-order chi connectivity index (χ1) is 15.3. The van der Waals surface area contributed by atoms with E-state index >= 15 is 0 Å². The molecule has 1 N–H and O–H groups in total. The molecule has 5 nitrogen and oxygen atoms in total. The van der Waals surface area contributed by atoms with E-state index in [1.54, 1.807) is 0 Å². The highest BCUT2D eigenvalue weighted by atomic mass is 32.1. The van der Waals surface area contributed by atoms with Gasteiger partial charge in [-0.2, -0.15) is 0 Å². The van der Waals surface area contributed by atoms with Crippen LogP contribution >= 0.6 is 12.2 Å². The monoisotopic (exact) mass is 447 g/mol. The minimum atomic E-state index is 0.0208. The zero-order valence-corrected chi connectivity index (χ0v) is 20.6. The van der Waals surface area contributed by atoms with Crippen molar-refractivity contribution in [3.8, 4) is 5.69 Å². The second-order valence-corrected chi connectivity index (χ2v) is 9.63. The van der Waals surface area contributed by atoms with Gasteiger partial charge in [0.05, 0.1) is 17.8 Å². The Balaban J connectivity index is 1.80. The van der Waals surface area contributed by atoms with Crippen LogP contribution < -0.4 is 10.2 Å². The quantitative estimate of drug-likeness (QED) is 0.527. The number of nitrogens with zero attached hydrogens (tertiary/aromatic N) is 4. The van der Waals surface area contributed by atoms with Gasteiger partial charge < -0.3 is 19.7 Å². The zero-order valence-electron chi connectivity index (χ0n) is 19.8. The SMILES string of the molecule is Cc1cc([C@@H]2[C@@H](c3ccccn3)NC(=S)N2CC(C)C)c(C)n1-c1ccc(N(C)C)cc1. The second-order valence-electron chi connectivity index (χ2n) is 9.25. The third kappa shape index (κ3) is 4.11. The van der Waals surface area contributed by atoms with Crippen molar-refractivity contribution in [2.24, 2.45) is 5.92 Å². The summed E-state index contributed by atoms with van der Waals surface area (Å²) in [4.78, 5) is 9.14. The van der Waals surface area contributed by atoms with Gasteiger partial charge in [-0.15, -0.1) is 0 Å². The van der Waals surface area contributed by atoms with E-state index in [4.69, 9.17) is 12.2 Å². The summed E-state index contributed by atoms with van der Waals surface area (Å²) in [6.07, 6.45) is 1.86. The number of aromatic nitrogens is 2. The Hall–Kier alpha value is -2.86. The van der Waals surface area contributed by atoms with Gasteiger partial charge >= 0.3 is 0 Å². The van der Waals surface area contributed by atoms with Crippen molar-refractivity contribution in [1.29, 1.82) is 0 Å². The highest BCUT2D eigenvalue weighted by molar-refractivity contribution is 7.80. The second kappa shape index (κ2) is 8.94. The number of pyridine rings is 1. The summed E-state index contributed by atoms with van der Waals surface area (Å²) in [6.45, 7) is 9.78. The minimum Gasteiger partial charge on any atom is -0.378 e. The smallest absolute Gasteiger partial charge is 0.170 e. The molecule has 1 fully saturated rings. The van der Waals surface area contributed by atoms with Gasteiger partial charge in [0.1, 0.15) is 0 Å². The molecule has 0 amide bonds. The molecular weight excluding hydrogens is 414 g/mol. The highest BCUT2D eigenvalue weighted by Crippen LogP contribution is 2.41. The first-order valence-corrected chi connectivity index (χ1v) is 11.6. The number of aryl methyl sites for hydroxylation is 1. The number of thiocarbonyl (C=S) groups is 1. The van der Waals surface area contributed by atoms with Gasteiger partial charge in [0.25, 0.3) is 0 Å². The predicted octanol–water partition coefficient (Wildman–Crippen LogP) is 5.18. The number of hydrogen-bond acceptors (Lipinski definition) is 3. The summed E-state index contributed by atoms with van der Waals surface area (Å²) < 4.78 is 2.35. The average Bonchev–Trinajstić information content (AvgIpc) is 3.23. The van der Waals surface area contributed by atoms with Crippen LogP contribution in [0.15, 0.2) is 54.7 Å². The van der Waals surface area contributed by atoms with Gasteiger partial charge in [-0.05, 0) is 80.0 Å². The van der Waals surface area contributed by atoms with Crippen molar-refractivity contribution in [3.63, 3.8) is 0 Å². The molecule has 3 heterocycles. The Labute approximate surface area is 197 Å². The van der Waals surface area contributed by atoms with E-state index < -0.39 is 0 Å². The maximum Gasteiger partial charge on any atom is 0.170 e. The number of benzene rings is 1. The summed E-state index contributed by atoms with van der Waals surface area (Å²) in [5, 5.41) is 4.38. The van der Waals surface area contributed by atoms with E-state index in [0.29, 0.717) is 5.92 Å². The van der Waals surface area contributed by atoms with Crippen LogP contribution in [0.3, 0.4) is 0 Å². The van der Waals surface area contributed by atoms with Gasteiger partial charge in [-0.1, -0.05) is 19.9 Å². The Morgan fingerprint density at radius 2 is 1.81 bits per heavy atom. The molecule has 1 saturated heterocycles. The van der Waals surface area contributed by atoms with Crippen LogP contribution in [-0.4, -0.2) is 40.2 Å². The van der Waals surface area contributed by atoms with Crippen LogP contribution in [0.5, 0.6) is 0 Å². The Kier molecular flexibility index (Phi) is 6.24. The predicted molar refractivity (Wildman–Crippen MR) is 137 cm³/mol. The first kappa shape index (κ1) is 22.3. The Morgan fingerprint density at radius 1 is 1.09 bits per heavy atom. The minimum absolute atomic E-state index is 0.0208. The van der Waals surface area contributed by atoms with E-state index in [0.717, 1.165) is 17.4 Å². The molecule has 0 spiro atoms. The Bertz CT molecular complexity index is 1090. The van der Waals surface area contributed by atoms with Crippen LogP contribution in [-0.2, 0) is 0 Å².